The number of rotatable bonds is 5. The van der Waals surface area contributed by atoms with E-state index in [-0.39, 0.29) is 23.3 Å². The molecule has 0 bridgehead atoms. The van der Waals surface area contributed by atoms with Crippen molar-refractivity contribution in [2.45, 2.75) is 26.9 Å². The van der Waals surface area contributed by atoms with Gasteiger partial charge in [0.25, 0.3) is 0 Å². The molecule has 0 heterocycles. The molecule has 6 heteroatoms. The monoisotopic (exact) mass is 398 g/mol. The molecule has 0 atom stereocenters. The normalized spacial score (nSPS) is 13.2. The summed E-state index contributed by atoms with van der Waals surface area (Å²) in [7, 11) is 0. The molecule has 0 amide bonds. The molecule has 0 saturated heterocycles. The zero-order chi connectivity index (χ0) is 18.1. The van der Waals surface area contributed by atoms with Crippen LogP contribution in [0.5, 0.6) is 0 Å². The maximum Gasteiger partial charge on any atom is 0.387 e. The van der Waals surface area contributed by atoms with Crippen molar-refractivity contribution in [3.63, 3.8) is 0 Å². The lowest BCUT2D eigenvalue weighted by Crippen LogP contribution is -2.15. The van der Waals surface area contributed by atoms with E-state index in [9.17, 15) is 18.4 Å². The number of carbonyl (C=O) groups excluding carboxylic acids is 2. The highest BCUT2D eigenvalue weighted by atomic mass is 79.9. The van der Waals surface area contributed by atoms with Crippen molar-refractivity contribution >= 4 is 27.5 Å². The van der Waals surface area contributed by atoms with Gasteiger partial charge in [-0.05, 0) is 24.3 Å². The number of benzene rings is 1. The number of carbonyl (C=O) groups is 2. The van der Waals surface area contributed by atoms with E-state index in [0.29, 0.717) is 4.47 Å². The van der Waals surface area contributed by atoms with Crippen LogP contribution >= 0.6 is 15.9 Å². The first-order chi connectivity index (χ1) is 11.5. The molecule has 128 valence electrons. The van der Waals surface area contributed by atoms with E-state index in [1.165, 1.54) is 30.4 Å². The van der Waals surface area contributed by atoms with E-state index in [1.807, 2.05) is 13.8 Å². The van der Waals surface area contributed by atoms with Crippen molar-refractivity contribution in [3.05, 3.63) is 69.9 Å². The molecule has 1 aliphatic rings. The van der Waals surface area contributed by atoms with Crippen molar-refractivity contribution < 1.29 is 23.1 Å². The summed E-state index contributed by atoms with van der Waals surface area (Å²) in [5.74, 6) is -1.34. The first kappa shape index (κ1) is 20.0. The smallest absolute Gasteiger partial charge is 0.387 e. The first-order valence-corrected chi connectivity index (χ1v) is 8.13. The van der Waals surface area contributed by atoms with Gasteiger partial charge in [0.2, 0.25) is 11.6 Å². The summed E-state index contributed by atoms with van der Waals surface area (Å²) in [5.41, 5.74) is 0.379. The average molecular weight is 399 g/mol. The van der Waals surface area contributed by atoms with Gasteiger partial charge in [-0.3, -0.25) is 9.59 Å². The zero-order valence-electron chi connectivity index (χ0n) is 13.3. The fourth-order valence-electron chi connectivity index (χ4n) is 1.85. The molecule has 0 fully saturated rings. The van der Waals surface area contributed by atoms with Crippen molar-refractivity contribution in [1.29, 1.82) is 0 Å². The van der Waals surface area contributed by atoms with Crippen LogP contribution < -0.4 is 0 Å². The van der Waals surface area contributed by atoms with Crippen LogP contribution in [0.15, 0.2) is 64.4 Å². The van der Waals surface area contributed by atoms with Gasteiger partial charge in [-0.25, -0.2) is 0 Å². The minimum absolute atomic E-state index is 0.0314. The van der Waals surface area contributed by atoms with Gasteiger partial charge in [-0.1, -0.05) is 54.1 Å². The van der Waals surface area contributed by atoms with Gasteiger partial charge in [-0.15, -0.1) is 0 Å². The topological polar surface area (TPSA) is 43.4 Å². The van der Waals surface area contributed by atoms with Crippen molar-refractivity contribution in [3.8, 4) is 0 Å². The van der Waals surface area contributed by atoms with Crippen molar-refractivity contribution in [1.82, 2.24) is 0 Å². The van der Waals surface area contributed by atoms with Crippen LogP contribution in [0.2, 0.25) is 0 Å². The highest BCUT2D eigenvalue weighted by molar-refractivity contribution is 9.10. The second-order valence-corrected chi connectivity index (χ2v) is 5.32. The Morgan fingerprint density at radius 1 is 1.17 bits per heavy atom. The van der Waals surface area contributed by atoms with Crippen LogP contribution in [-0.4, -0.2) is 18.2 Å². The van der Waals surface area contributed by atoms with Gasteiger partial charge in [0.15, 0.2) is 0 Å². The maximum absolute atomic E-state index is 12.2. The lowest BCUT2D eigenvalue weighted by atomic mass is 10.0. The van der Waals surface area contributed by atoms with E-state index < -0.39 is 18.2 Å². The molecule has 24 heavy (non-hydrogen) atoms. The van der Waals surface area contributed by atoms with Crippen LogP contribution in [0, 0.1) is 0 Å². The third-order valence-corrected chi connectivity index (χ3v) is 3.35. The van der Waals surface area contributed by atoms with E-state index in [4.69, 9.17) is 0 Å². The Hall–Kier alpha value is -2.08. The molecular weight excluding hydrogens is 382 g/mol. The number of halogens is 3. The Labute approximate surface area is 147 Å². The molecule has 2 rings (SSSR count). The Kier molecular flexibility index (Phi) is 8.26. The van der Waals surface area contributed by atoms with Gasteiger partial charge in [0, 0.05) is 22.0 Å². The van der Waals surface area contributed by atoms with Crippen LogP contribution in [-0.2, 0) is 9.53 Å². The number of ether oxygens (including phenoxy) is 1. The Morgan fingerprint density at radius 3 is 2.50 bits per heavy atom. The van der Waals surface area contributed by atoms with Crippen molar-refractivity contribution in [2.24, 2.45) is 0 Å². The molecule has 0 saturated carbocycles. The Balaban J connectivity index is 0.00000139. The largest absolute Gasteiger partial charge is 0.439 e. The molecular formula is C18H17BrF2O3. The molecule has 0 radical (unpaired) electrons. The maximum atomic E-state index is 12.2. The lowest BCUT2D eigenvalue weighted by Gasteiger charge is -2.04. The molecule has 1 aliphatic carbocycles. The first-order valence-electron chi connectivity index (χ1n) is 7.34. The number of hydrogen-bond donors (Lipinski definition) is 0. The van der Waals surface area contributed by atoms with Gasteiger partial charge in [0.05, 0.1) is 0 Å². The summed E-state index contributed by atoms with van der Waals surface area (Å²) in [6.45, 7) is 1.08. The predicted octanol–water partition coefficient (Wildman–Crippen LogP) is 5.24. The minimum Gasteiger partial charge on any atom is -0.439 e. The molecule has 0 spiro atoms. The standard InChI is InChI=1S/C16H11BrF2O3.C2H6/c17-12-5-1-4-11(9-12)15(21)14(20)10-3-2-6-13(8-7-10)22-16(18)19;1-2/h1-5,7-9,16H,6H2;1-2H3. The minimum atomic E-state index is -2.92. The molecule has 0 unspecified atom stereocenters. The van der Waals surface area contributed by atoms with Crippen molar-refractivity contribution in [2.75, 3.05) is 0 Å². The molecule has 1 aromatic carbocycles. The van der Waals surface area contributed by atoms with Crippen LogP contribution in [0.1, 0.15) is 30.6 Å². The lowest BCUT2D eigenvalue weighted by molar-refractivity contribution is -0.111. The summed E-state index contributed by atoms with van der Waals surface area (Å²) in [5, 5.41) is 0. The fourth-order valence-corrected chi connectivity index (χ4v) is 2.25. The summed E-state index contributed by atoms with van der Waals surface area (Å²) < 4.78 is 29.3. The van der Waals surface area contributed by atoms with E-state index >= 15 is 0 Å². The molecule has 1 aromatic rings. The summed E-state index contributed by atoms with van der Waals surface area (Å²) >= 11 is 3.23. The second-order valence-electron chi connectivity index (χ2n) is 4.41. The fraction of sp³-hybridized carbons (Fsp3) is 0.222. The Bertz CT molecular complexity index is 691. The van der Waals surface area contributed by atoms with Crippen LogP contribution in [0.4, 0.5) is 8.78 Å². The highest BCUT2D eigenvalue weighted by Gasteiger charge is 2.20. The van der Waals surface area contributed by atoms with E-state index in [2.05, 4.69) is 20.7 Å². The number of Topliss-reactive ketones (excluding diaryl/α,β-unsaturated/α-hetero) is 2. The molecule has 0 aliphatic heterocycles. The number of hydrogen-bond acceptors (Lipinski definition) is 3. The average Bonchev–Trinajstić information content (AvgIpc) is 2.80. The summed E-state index contributed by atoms with van der Waals surface area (Å²) in [6.07, 6.45) is 5.63. The number of alkyl halides is 2. The number of allylic oxidation sites excluding steroid dienone is 5. The van der Waals surface area contributed by atoms with Crippen LogP contribution in [0.3, 0.4) is 0 Å². The second kappa shape index (κ2) is 9.93. The van der Waals surface area contributed by atoms with Crippen LogP contribution in [0.25, 0.3) is 0 Å². The number of ketones is 2. The molecule has 0 aromatic heterocycles. The Morgan fingerprint density at radius 2 is 1.88 bits per heavy atom. The summed E-state index contributed by atoms with van der Waals surface area (Å²) in [6, 6.07) is 6.47. The molecule has 3 nitrogen and oxygen atoms in total. The molecule has 0 N–H and O–H groups in total. The van der Waals surface area contributed by atoms with Gasteiger partial charge in [-0.2, -0.15) is 8.78 Å². The van der Waals surface area contributed by atoms with E-state index in [1.54, 1.807) is 18.2 Å². The van der Waals surface area contributed by atoms with Gasteiger partial charge in [0.1, 0.15) is 5.76 Å². The predicted molar refractivity (Wildman–Crippen MR) is 91.8 cm³/mol. The third-order valence-electron chi connectivity index (χ3n) is 2.86. The van der Waals surface area contributed by atoms with Gasteiger partial charge < -0.3 is 4.74 Å². The summed E-state index contributed by atoms with van der Waals surface area (Å²) in [4.78, 5) is 24.3. The van der Waals surface area contributed by atoms with Gasteiger partial charge >= 0.3 is 6.61 Å². The third kappa shape index (κ3) is 5.85. The van der Waals surface area contributed by atoms with E-state index in [0.717, 1.165) is 0 Å². The highest BCUT2D eigenvalue weighted by Crippen LogP contribution is 2.18. The quantitative estimate of drug-likeness (QED) is 0.503. The zero-order valence-corrected chi connectivity index (χ0v) is 14.8. The SMILES string of the molecule is CC.O=C(C(=O)c1cccc(Br)c1)C1=CC=C(OC(F)F)CC=C1.